The third-order valence-electron chi connectivity index (χ3n) is 2.19. The molecule has 0 unspecified atom stereocenters. The van der Waals surface area contributed by atoms with E-state index in [0.717, 1.165) is 16.7 Å². The summed E-state index contributed by atoms with van der Waals surface area (Å²) in [6, 6.07) is 7.60. The van der Waals surface area contributed by atoms with Crippen molar-refractivity contribution in [2.75, 3.05) is 0 Å². The lowest BCUT2D eigenvalue weighted by atomic mass is 9.99. The fourth-order valence-corrected chi connectivity index (χ4v) is 1.52. The number of allylic oxidation sites excluding steroid dienone is 3. The van der Waals surface area contributed by atoms with Crippen LogP contribution in [0.1, 0.15) is 22.8 Å². The summed E-state index contributed by atoms with van der Waals surface area (Å²) in [5.41, 5.74) is 5.80. The summed E-state index contributed by atoms with van der Waals surface area (Å²) in [4.78, 5) is 11.3. The smallest absolute Gasteiger partial charge is 0.160 e. The van der Waals surface area contributed by atoms with Crippen LogP contribution in [-0.2, 0) is 0 Å². The van der Waals surface area contributed by atoms with E-state index in [1.807, 2.05) is 42.5 Å². The van der Waals surface area contributed by atoms with Crippen molar-refractivity contribution < 1.29 is 4.79 Å². The molecule has 1 nitrogen and oxygen atoms in total. The first-order chi connectivity index (χ1) is 6.79. The minimum absolute atomic E-state index is 0.0928. The van der Waals surface area contributed by atoms with E-state index < -0.39 is 0 Å². The van der Waals surface area contributed by atoms with Gasteiger partial charge in [-0.05, 0) is 19.1 Å². The minimum Gasteiger partial charge on any atom is -0.294 e. The molecule has 1 aliphatic carbocycles. The van der Waals surface area contributed by atoms with Crippen LogP contribution in [-0.4, -0.2) is 5.78 Å². The van der Waals surface area contributed by atoms with Crippen LogP contribution in [0.2, 0.25) is 0 Å². The Morgan fingerprint density at radius 3 is 2.71 bits per heavy atom. The van der Waals surface area contributed by atoms with Crippen molar-refractivity contribution in [1.29, 1.82) is 0 Å². The maximum atomic E-state index is 11.3. The van der Waals surface area contributed by atoms with Crippen LogP contribution in [0.15, 0.2) is 48.2 Å². The Morgan fingerprint density at radius 1 is 1.29 bits per heavy atom. The second kappa shape index (κ2) is 3.49. The van der Waals surface area contributed by atoms with E-state index in [0.29, 0.717) is 0 Å². The van der Waals surface area contributed by atoms with E-state index in [1.54, 1.807) is 6.92 Å². The van der Waals surface area contributed by atoms with Crippen molar-refractivity contribution in [2.45, 2.75) is 6.92 Å². The van der Waals surface area contributed by atoms with Gasteiger partial charge in [0.05, 0.1) is 0 Å². The first-order valence-corrected chi connectivity index (χ1v) is 4.53. The third-order valence-corrected chi connectivity index (χ3v) is 2.19. The summed E-state index contributed by atoms with van der Waals surface area (Å²) in [5.74, 6) is 0.0928. The second-order valence-corrected chi connectivity index (χ2v) is 3.19. The minimum atomic E-state index is 0.0928. The Balaban J connectivity index is 2.58. The molecule has 0 amide bonds. The fourth-order valence-electron chi connectivity index (χ4n) is 1.52. The Labute approximate surface area is 83.1 Å². The van der Waals surface area contributed by atoms with Crippen LogP contribution in [0.5, 0.6) is 0 Å². The number of hydrogen-bond donors (Lipinski definition) is 0. The molecular formula is C13H10O. The monoisotopic (exact) mass is 182 g/mol. The molecule has 0 radical (unpaired) electrons. The number of Topliss-reactive ketones (excluding diaryl/α,β-unsaturated/α-hetero) is 1. The Hall–Kier alpha value is -1.85. The quantitative estimate of drug-likeness (QED) is 0.507. The highest BCUT2D eigenvalue weighted by Crippen LogP contribution is 2.22. The van der Waals surface area contributed by atoms with E-state index in [1.165, 1.54) is 0 Å². The molecule has 0 saturated heterocycles. The van der Waals surface area contributed by atoms with Gasteiger partial charge in [0.1, 0.15) is 0 Å². The van der Waals surface area contributed by atoms with Gasteiger partial charge in [0.2, 0.25) is 0 Å². The van der Waals surface area contributed by atoms with Crippen LogP contribution in [0, 0.1) is 0 Å². The summed E-state index contributed by atoms with van der Waals surface area (Å²) in [5, 5.41) is 0. The molecule has 1 aliphatic rings. The van der Waals surface area contributed by atoms with Gasteiger partial charge in [-0.15, -0.1) is 5.73 Å². The summed E-state index contributed by atoms with van der Waals surface area (Å²) in [6.45, 7) is 1.59. The average molecular weight is 182 g/mol. The predicted octanol–water partition coefficient (Wildman–Crippen LogP) is 3.00. The highest BCUT2D eigenvalue weighted by Gasteiger charge is 2.08. The molecule has 0 saturated carbocycles. The van der Waals surface area contributed by atoms with E-state index in [9.17, 15) is 4.79 Å². The number of carbonyl (C=O) groups is 1. The zero-order chi connectivity index (χ0) is 9.97. The van der Waals surface area contributed by atoms with Gasteiger partial charge in [-0.2, -0.15) is 0 Å². The van der Waals surface area contributed by atoms with Crippen LogP contribution >= 0.6 is 0 Å². The summed E-state index contributed by atoms with van der Waals surface area (Å²) in [6.07, 6.45) is 5.74. The lowest BCUT2D eigenvalue weighted by Crippen LogP contribution is -1.96. The molecule has 0 N–H and O–H groups in total. The van der Waals surface area contributed by atoms with Crippen molar-refractivity contribution >= 4 is 11.4 Å². The van der Waals surface area contributed by atoms with Crippen molar-refractivity contribution in [3.05, 3.63) is 59.4 Å². The molecular weight excluding hydrogens is 172 g/mol. The van der Waals surface area contributed by atoms with Crippen LogP contribution in [0.3, 0.4) is 0 Å². The van der Waals surface area contributed by atoms with E-state index in [2.05, 4.69) is 5.73 Å². The predicted molar refractivity (Wildman–Crippen MR) is 57.1 cm³/mol. The van der Waals surface area contributed by atoms with Gasteiger partial charge >= 0.3 is 0 Å². The van der Waals surface area contributed by atoms with E-state index in [4.69, 9.17) is 0 Å². The first-order valence-electron chi connectivity index (χ1n) is 4.53. The van der Waals surface area contributed by atoms with Crippen molar-refractivity contribution in [2.24, 2.45) is 0 Å². The molecule has 68 valence electrons. The number of benzene rings is 1. The summed E-state index contributed by atoms with van der Waals surface area (Å²) in [7, 11) is 0. The molecule has 0 spiro atoms. The maximum Gasteiger partial charge on any atom is 0.160 e. The van der Waals surface area contributed by atoms with E-state index in [-0.39, 0.29) is 5.78 Å². The van der Waals surface area contributed by atoms with Gasteiger partial charge in [0, 0.05) is 16.7 Å². The molecule has 0 heterocycles. The molecule has 1 heteroatoms. The number of rotatable bonds is 2. The maximum absolute atomic E-state index is 11.3. The number of carbonyl (C=O) groups excluding carboxylic acids is 1. The average Bonchev–Trinajstić information content (AvgIpc) is 2.70. The highest BCUT2D eigenvalue weighted by atomic mass is 16.1. The Morgan fingerprint density at radius 2 is 2.07 bits per heavy atom. The fraction of sp³-hybridized carbons (Fsp3) is 0.0769. The summed E-state index contributed by atoms with van der Waals surface area (Å²) >= 11 is 0. The third kappa shape index (κ3) is 1.46. The topological polar surface area (TPSA) is 17.1 Å². The lowest BCUT2D eigenvalue weighted by Gasteiger charge is -2.04. The van der Waals surface area contributed by atoms with E-state index >= 15 is 0 Å². The van der Waals surface area contributed by atoms with Gasteiger partial charge in [0.25, 0.3) is 0 Å². The molecule has 1 aromatic rings. The largest absolute Gasteiger partial charge is 0.294 e. The van der Waals surface area contributed by atoms with Gasteiger partial charge in [-0.1, -0.05) is 30.3 Å². The standard InChI is InChI=1S/C13H10O/c1-10(14)12-8-4-5-9-13(12)11-6-2-3-7-11/h2-6,8-9H,1H3. The highest BCUT2D eigenvalue weighted by molar-refractivity contribution is 6.00. The molecule has 0 atom stereocenters. The molecule has 1 aromatic carbocycles. The molecule has 14 heavy (non-hydrogen) atoms. The second-order valence-electron chi connectivity index (χ2n) is 3.19. The van der Waals surface area contributed by atoms with Crippen LogP contribution < -0.4 is 0 Å². The van der Waals surface area contributed by atoms with Crippen LogP contribution in [0.4, 0.5) is 0 Å². The normalized spacial score (nSPS) is 13.1. The lowest BCUT2D eigenvalue weighted by molar-refractivity contribution is 0.101. The SMILES string of the molecule is CC(=O)c1ccccc1C1=C=CC=C1. The van der Waals surface area contributed by atoms with Crippen molar-refractivity contribution in [3.63, 3.8) is 0 Å². The number of hydrogen-bond acceptors (Lipinski definition) is 1. The molecule has 0 bridgehead atoms. The van der Waals surface area contributed by atoms with Crippen molar-refractivity contribution in [3.8, 4) is 0 Å². The molecule has 0 fully saturated rings. The summed E-state index contributed by atoms with van der Waals surface area (Å²) < 4.78 is 0. The van der Waals surface area contributed by atoms with Gasteiger partial charge < -0.3 is 0 Å². The molecule has 0 aliphatic heterocycles. The Bertz CT molecular complexity index is 472. The van der Waals surface area contributed by atoms with Crippen LogP contribution in [0.25, 0.3) is 5.57 Å². The Kier molecular flexibility index (Phi) is 2.18. The number of ketones is 1. The zero-order valence-corrected chi connectivity index (χ0v) is 7.95. The molecule has 2 rings (SSSR count). The van der Waals surface area contributed by atoms with Gasteiger partial charge in [-0.25, -0.2) is 0 Å². The first kappa shape index (κ1) is 8.74. The zero-order valence-electron chi connectivity index (χ0n) is 7.95. The van der Waals surface area contributed by atoms with Gasteiger partial charge in [0.15, 0.2) is 5.78 Å². The molecule has 0 aromatic heterocycles. The van der Waals surface area contributed by atoms with Gasteiger partial charge in [-0.3, -0.25) is 4.79 Å². The van der Waals surface area contributed by atoms with Crippen molar-refractivity contribution in [1.82, 2.24) is 0 Å².